The molecule has 3 rings (SSSR count). The first kappa shape index (κ1) is 15.7. The van der Waals surface area contributed by atoms with Gasteiger partial charge in [0.2, 0.25) is 0 Å². The highest BCUT2D eigenvalue weighted by molar-refractivity contribution is 5.94. The SMILES string of the molecule is COc1ccccc1CCNC(=O)c1ccnc(-n2ccnc2)c1. The van der Waals surface area contributed by atoms with Crippen LogP contribution >= 0.6 is 0 Å². The average molecular weight is 322 g/mol. The minimum Gasteiger partial charge on any atom is -0.496 e. The molecule has 1 amide bonds. The molecule has 0 saturated carbocycles. The van der Waals surface area contributed by atoms with Crippen LogP contribution < -0.4 is 10.1 Å². The zero-order valence-electron chi connectivity index (χ0n) is 13.3. The van der Waals surface area contributed by atoms with Crippen LogP contribution in [0.1, 0.15) is 15.9 Å². The molecule has 2 aromatic heterocycles. The number of nitrogens with zero attached hydrogens (tertiary/aromatic N) is 3. The Morgan fingerprint density at radius 2 is 2.12 bits per heavy atom. The van der Waals surface area contributed by atoms with E-state index in [1.807, 2.05) is 24.3 Å². The van der Waals surface area contributed by atoms with Gasteiger partial charge in [0.05, 0.1) is 7.11 Å². The second-order valence-electron chi connectivity index (χ2n) is 5.19. The fourth-order valence-corrected chi connectivity index (χ4v) is 2.42. The number of hydrogen-bond acceptors (Lipinski definition) is 4. The molecule has 0 aliphatic carbocycles. The van der Waals surface area contributed by atoms with Gasteiger partial charge in [0, 0.05) is 30.7 Å². The molecule has 2 heterocycles. The van der Waals surface area contributed by atoms with Gasteiger partial charge >= 0.3 is 0 Å². The van der Waals surface area contributed by atoms with Gasteiger partial charge < -0.3 is 10.1 Å². The molecule has 0 aliphatic heterocycles. The number of nitrogens with one attached hydrogen (secondary N) is 1. The highest BCUT2D eigenvalue weighted by atomic mass is 16.5. The summed E-state index contributed by atoms with van der Waals surface area (Å²) in [4.78, 5) is 20.5. The van der Waals surface area contributed by atoms with E-state index >= 15 is 0 Å². The van der Waals surface area contributed by atoms with E-state index in [9.17, 15) is 4.79 Å². The quantitative estimate of drug-likeness (QED) is 0.756. The maximum absolute atomic E-state index is 12.3. The predicted molar refractivity (Wildman–Crippen MR) is 90.4 cm³/mol. The number of carbonyl (C=O) groups excluding carboxylic acids is 1. The minimum atomic E-state index is -0.131. The Hall–Kier alpha value is -3.15. The summed E-state index contributed by atoms with van der Waals surface area (Å²) in [7, 11) is 1.64. The number of ether oxygens (including phenoxy) is 1. The molecular formula is C18H18N4O2. The minimum absolute atomic E-state index is 0.131. The Bertz CT molecular complexity index is 815. The predicted octanol–water partition coefficient (Wildman–Crippen LogP) is 2.25. The van der Waals surface area contributed by atoms with E-state index in [1.54, 1.807) is 48.7 Å². The second kappa shape index (κ2) is 7.41. The van der Waals surface area contributed by atoms with E-state index in [2.05, 4.69) is 15.3 Å². The van der Waals surface area contributed by atoms with E-state index in [-0.39, 0.29) is 5.91 Å². The highest BCUT2D eigenvalue weighted by Crippen LogP contribution is 2.17. The molecular weight excluding hydrogens is 304 g/mol. The average Bonchev–Trinajstić information content (AvgIpc) is 3.17. The summed E-state index contributed by atoms with van der Waals surface area (Å²) in [6.45, 7) is 0.530. The third kappa shape index (κ3) is 3.60. The summed E-state index contributed by atoms with van der Waals surface area (Å²) in [5, 5.41) is 2.92. The van der Waals surface area contributed by atoms with E-state index in [4.69, 9.17) is 4.74 Å². The Balaban J connectivity index is 1.62. The van der Waals surface area contributed by atoms with Crippen molar-refractivity contribution in [3.8, 4) is 11.6 Å². The zero-order valence-corrected chi connectivity index (χ0v) is 13.3. The Morgan fingerprint density at radius 1 is 1.25 bits per heavy atom. The standard InChI is InChI=1S/C18H18N4O2/c1-24-16-5-3-2-4-14(16)6-9-21-18(23)15-7-8-20-17(12-15)22-11-10-19-13-22/h2-5,7-8,10-13H,6,9H2,1H3,(H,21,23). The van der Waals surface area contributed by atoms with Crippen molar-refractivity contribution in [3.63, 3.8) is 0 Å². The van der Waals surface area contributed by atoms with Gasteiger partial charge in [0.1, 0.15) is 17.9 Å². The first-order chi connectivity index (χ1) is 11.8. The first-order valence-corrected chi connectivity index (χ1v) is 7.62. The number of para-hydroxylation sites is 1. The molecule has 122 valence electrons. The van der Waals surface area contributed by atoms with Crippen LogP contribution in [0.5, 0.6) is 5.75 Å². The molecule has 1 N–H and O–H groups in total. The van der Waals surface area contributed by atoms with Gasteiger partial charge in [0.15, 0.2) is 0 Å². The maximum atomic E-state index is 12.3. The third-order valence-corrected chi connectivity index (χ3v) is 3.65. The Morgan fingerprint density at radius 3 is 2.92 bits per heavy atom. The molecule has 0 bridgehead atoms. The van der Waals surface area contributed by atoms with Gasteiger partial charge in [-0.3, -0.25) is 9.36 Å². The Labute approximate surface area is 140 Å². The Kier molecular flexibility index (Phi) is 4.86. The number of hydrogen-bond donors (Lipinski definition) is 1. The summed E-state index contributed by atoms with van der Waals surface area (Å²) in [6, 6.07) is 11.2. The number of methoxy groups -OCH3 is 1. The summed E-state index contributed by atoms with van der Waals surface area (Å²) in [6.07, 6.45) is 7.42. The summed E-state index contributed by atoms with van der Waals surface area (Å²) >= 11 is 0. The normalized spacial score (nSPS) is 10.4. The lowest BCUT2D eigenvalue weighted by Gasteiger charge is -2.09. The first-order valence-electron chi connectivity index (χ1n) is 7.62. The van der Waals surface area contributed by atoms with Crippen molar-refractivity contribution in [3.05, 3.63) is 72.4 Å². The van der Waals surface area contributed by atoms with Crippen LogP contribution in [0.15, 0.2) is 61.3 Å². The van der Waals surface area contributed by atoms with Gasteiger partial charge in [0.25, 0.3) is 5.91 Å². The van der Waals surface area contributed by atoms with Gasteiger partial charge in [-0.1, -0.05) is 18.2 Å². The van der Waals surface area contributed by atoms with Crippen LogP contribution in [0.2, 0.25) is 0 Å². The van der Waals surface area contributed by atoms with Crippen molar-refractivity contribution < 1.29 is 9.53 Å². The van der Waals surface area contributed by atoms with E-state index < -0.39 is 0 Å². The molecule has 1 aromatic carbocycles. The highest BCUT2D eigenvalue weighted by Gasteiger charge is 2.08. The molecule has 0 radical (unpaired) electrons. The van der Waals surface area contributed by atoms with E-state index in [0.717, 1.165) is 11.3 Å². The molecule has 6 heteroatoms. The number of amides is 1. The molecule has 0 saturated heterocycles. The van der Waals surface area contributed by atoms with Crippen molar-refractivity contribution in [1.29, 1.82) is 0 Å². The van der Waals surface area contributed by atoms with E-state index in [1.165, 1.54) is 0 Å². The molecule has 24 heavy (non-hydrogen) atoms. The van der Waals surface area contributed by atoms with Gasteiger partial charge in [-0.05, 0) is 30.2 Å². The number of imidazole rings is 1. The number of carbonyl (C=O) groups is 1. The molecule has 3 aromatic rings. The van der Waals surface area contributed by atoms with Gasteiger partial charge in [-0.25, -0.2) is 9.97 Å². The van der Waals surface area contributed by atoms with Crippen molar-refractivity contribution in [2.75, 3.05) is 13.7 Å². The lowest BCUT2D eigenvalue weighted by Crippen LogP contribution is -2.26. The van der Waals surface area contributed by atoms with Crippen molar-refractivity contribution in [2.45, 2.75) is 6.42 Å². The van der Waals surface area contributed by atoms with Crippen LogP contribution in [-0.4, -0.2) is 34.1 Å². The van der Waals surface area contributed by atoms with Crippen LogP contribution in [0.4, 0.5) is 0 Å². The fourth-order valence-electron chi connectivity index (χ4n) is 2.42. The fraction of sp³-hybridized carbons (Fsp3) is 0.167. The van der Waals surface area contributed by atoms with Crippen molar-refractivity contribution in [2.24, 2.45) is 0 Å². The number of benzene rings is 1. The molecule has 0 aliphatic rings. The number of rotatable bonds is 6. The maximum Gasteiger partial charge on any atom is 0.251 e. The van der Waals surface area contributed by atoms with Crippen LogP contribution in [-0.2, 0) is 6.42 Å². The van der Waals surface area contributed by atoms with E-state index in [0.29, 0.717) is 24.3 Å². The van der Waals surface area contributed by atoms with Crippen molar-refractivity contribution in [1.82, 2.24) is 19.9 Å². The molecule has 6 nitrogen and oxygen atoms in total. The lowest BCUT2D eigenvalue weighted by atomic mass is 10.1. The summed E-state index contributed by atoms with van der Waals surface area (Å²) in [5.74, 6) is 1.36. The molecule has 0 unspecified atom stereocenters. The topological polar surface area (TPSA) is 69.0 Å². The summed E-state index contributed by atoms with van der Waals surface area (Å²) < 4.78 is 7.07. The van der Waals surface area contributed by atoms with Crippen LogP contribution in [0, 0.1) is 0 Å². The summed E-state index contributed by atoms with van der Waals surface area (Å²) in [5.41, 5.74) is 1.63. The molecule has 0 fully saturated rings. The van der Waals surface area contributed by atoms with Gasteiger partial charge in [-0.2, -0.15) is 0 Å². The lowest BCUT2D eigenvalue weighted by molar-refractivity contribution is 0.0954. The van der Waals surface area contributed by atoms with Crippen molar-refractivity contribution >= 4 is 5.91 Å². The number of pyridine rings is 1. The molecule has 0 atom stereocenters. The monoisotopic (exact) mass is 322 g/mol. The molecule has 0 spiro atoms. The number of aromatic nitrogens is 3. The largest absolute Gasteiger partial charge is 0.496 e. The second-order valence-corrected chi connectivity index (χ2v) is 5.19. The zero-order chi connectivity index (χ0) is 16.8. The van der Waals surface area contributed by atoms with Crippen LogP contribution in [0.3, 0.4) is 0 Å². The van der Waals surface area contributed by atoms with Crippen LogP contribution in [0.25, 0.3) is 5.82 Å². The van der Waals surface area contributed by atoms with Gasteiger partial charge in [-0.15, -0.1) is 0 Å². The smallest absolute Gasteiger partial charge is 0.251 e. The third-order valence-electron chi connectivity index (χ3n) is 3.65.